The lowest BCUT2D eigenvalue weighted by molar-refractivity contribution is -0.128. The van der Waals surface area contributed by atoms with Crippen LogP contribution in [0.1, 0.15) is 85.0 Å². The average Bonchev–Trinajstić information content (AvgIpc) is 3.61. The molecule has 3 aliphatic rings. The summed E-state index contributed by atoms with van der Waals surface area (Å²) in [5.41, 5.74) is 5.41. The first-order valence-corrected chi connectivity index (χ1v) is 17.0. The third-order valence-corrected chi connectivity index (χ3v) is 10.2. The summed E-state index contributed by atoms with van der Waals surface area (Å²) in [5, 5.41) is 4.43. The SMILES string of the molecule is CC(C)c1ccc2oc(C(=O)NC3(C=C4CCN(c5ccccc5CN5CCCC5=O)CC4)CC3c3ccc(Cl)cc3)cc(=O)c2c1. The zero-order valence-electron chi connectivity index (χ0n) is 26.9. The predicted octanol–water partition coefficient (Wildman–Crippen LogP) is 7.58. The summed E-state index contributed by atoms with van der Waals surface area (Å²) < 4.78 is 6.01. The van der Waals surface area contributed by atoms with Crippen molar-refractivity contribution >= 4 is 40.1 Å². The van der Waals surface area contributed by atoms with Crippen LogP contribution in [0.5, 0.6) is 0 Å². The number of fused-ring (bicyclic) bond motifs is 1. The second-order valence-corrected chi connectivity index (χ2v) is 14.0. The van der Waals surface area contributed by atoms with Crippen molar-refractivity contribution in [3.63, 3.8) is 0 Å². The lowest BCUT2D eigenvalue weighted by Gasteiger charge is -2.33. The number of benzene rings is 3. The van der Waals surface area contributed by atoms with E-state index in [1.807, 2.05) is 47.4 Å². The van der Waals surface area contributed by atoms with E-state index in [0.717, 1.165) is 56.4 Å². The molecule has 2 amide bonds. The Labute approximate surface area is 280 Å². The first kappa shape index (κ1) is 31.3. The molecular weight excluding hydrogens is 610 g/mol. The largest absolute Gasteiger partial charge is 0.451 e. The lowest BCUT2D eigenvalue weighted by atomic mass is 9.96. The summed E-state index contributed by atoms with van der Waals surface area (Å²) in [6.45, 7) is 7.33. The van der Waals surface area contributed by atoms with Crippen molar-refractivity contribution in [2.75, 3.05) is 24.5 Å². The zero-order valence-corrected chi connectivity index (χ0v) is 27.7. The fourth-order valence-electron chi connectivity index (χ4n) is 7.21. The number of hydrogen-bond donors (Lipinski definition) is 1. The number of anilines is 1. The Morgan fingerprint density at radius 2 is 1.77 bits per heavy atom. The van der Waals surface area contributed by atoms with Gasteiger partial charge in [0, 0.05) is 55.3 Å². The number of rotatable bonds is 8. The summed E-state index contributed by atoms with van der Waals surface area (Å²) in [6.07, 6.45) is 6.30. The van der Waals surface area contributed by atoms with Crippen molar-refractivity contribution in [1.82, 2.24) is 10.2 Å². The van der Waals surface area contributed by atoms with Gasteiger partial charge in [0.05, 0.1) is 10.9 Å². The van der Waals surface area contributed by atoms with Crippen LogP contribution >= 0.6 is 11.6 Å². The van der Waals surface area contributed by atoms with E-state index >= 15 is 0 Å². The highest BCUT2D eigenvalue weighted by Gasteiger charge is 2.55. The van der Waals surface area contributed by atoms with Crippen molar-refractivity contribution in [2.24, 2.45) is 0 Å². The summed E-state index contributed by atoms with van der Waals surface area (Å²) in [7, 11) is 0. The fraction of sp³-hybridized carbons (Fsp3) is 0.359. The minimum Gasteiger partial charge on any atom is -0.451 e. The van der Waals surface area contributed by atoms with Crippen LogP contribution < -0.4 is 15.6 Å². The van der Waals surface area contributed by atoms with E-state index in [0.29, 0.717) is 29.0 Å². The number of halogens is 1. The van der Waals surface area contributed by atoms with Crippen LogP contribution in [0.3, 0.4) is 0 Å². The Morgan fingerprint density at radius 1 is 1.00 bits per heavy atom. The predicted molar refractivity (Wildman–Crippen MR) is 186 cm³/mol. The van der Waals surface area contributed by atoms with Gasteiger partial charge in [0.1, 0.15) is 5.58 Å². The zero-order chi connectivity index (χ0) is 32.7. The van der Waals surface area contributed by atoms with Gasteiger partial charge in [-0.25, -0.2) is 0 Å². The number of carbonyl (C=O) groups excluding carboxylic acids is 2. The van der Waals surface area contributed by atoms with Crippen LogP contribution in [-0.4, -0.2) is 41.9 Å². The molecule has 2 atom stereocenters. The number of piperidine rings is 1. The molecule has 2 saturated heterocycles. The lowest BCUT2D eigenvalue weighted by Crippen LogP contribution is -2.38. The summed E-state index contributed by atoms with van der Waals surface area (Å²) in [4.78, 5) is 43.5. The third kappa shape index (κ3) is 6.46. The Bertz CT molecular complexity index is 1920. The molecule has 2 aliphatic heterocycles. The van der Waals surface area contributed by atoms with Gasteiger partial charge >= 0.3 is 0 Å². The molecule has 7 nitrogen and oxygen atoms in total. The van der Waals surface area contributed by atoms with E-state index in [1.54, 1.807) is 6.07 Å². The standard InChI is InChI=1S/C39H40ClN3O4/c1-25(2)28-11-14-35-31(20-28)34(44)21-36(47-35)38(46)41-39(23-32(39)27-9-12-30(40)13-10-27)22-26-15-18-42(19-16-26)33-7-4-3-6-29(33)24-43-17-5-8-37(43)45/h3-4,6-7,9-14,20-22,25,32H,5,8,15-19,23-24H2,1-2H3,(H,41,46). The van der Waals surface area contributed by atoms with Gasteiger partial charge in [0.2, 0.25) is 5.91 Å². The van der Waals surface area contributed by atoms with Crippen molar-refractivity contribution in [3.8, 4) is 0 Å². The van der Waals surface area contributed by atoms with Crippen LogP contribution in [0.2, 0.25) is 5.02 Å². The molecule has 1 saturated carbocycles. The van der Waals surface area contributed by atoms with Crippen molar-refractivity contribution in [3.05, 3.63) is 122 Å². The monoisotopic (exact) mass is 649 g/mol. The fourth-order valence-corrected chi connectivity index (χ4v) is 7.34. The number of carbonyl (C=O) groups is 2. The summed E-state index contributed by atoms with van der Waals surface area (Å²) >= 11 is 6.20. The third-order valence-electron chi connectivity index (χ3n) is 10.00. The Hall–Kier alpha value is -4.36. The summed E-state index contributed by atoms with van der Waals surface area (Å²) in [6, 6.07) is 23.1. The van der Waals surface area contributed by atoms with Crippen molar-refractivity contribution in [2.45, 2.75) is 69.9 Å². The minimum atomic E-state index is -0.592. The molecule has 0 radical (unpaired) electrons. The number of nitrogens with one attached hydrogen (secondary N) is 1. The smallest absolute Gasteiger partial charge is 0.287 e. The molecule has 1 aliphatic carbocycles. The number of amides is 2. The number of likely N-dealkylation sites (tertiary alicyclic amines) is 1. The molecule has 3 fully saturated rings. The molecule has 0 bridgehead atoms. The molecule has 0 spiro atoms. The maximum atomic E-state index is 13.8. The van der Waals surface area contributed by atoms with Crippen LogP contribution in [-0.2, 0) is 11.3 Å². The van der Waals surface area contributed by atoms with Gasteiger partial charge in [0.15, 0.2) is 11.2 Å². The van der Waals surface area contributed by atoms with Crippen molar-refractivity contribution in [1.29, 1.82) is 0 Å². The van der Waals surface area contributed by atoms with Crippen LogP contribution in [0.4, 0.5) is 5.69 Å². The maximum Gasteiger partial charge on any atom is 0.287 e. The highest BCUT2D eigenvalue weighted by atomic mass is 35.5. The van der Waals surface area contributed by atoms with E-state index in [9.17, 15) is 14.4 Å². The quantitative estimate of drug-likeness (QED) is 0.199. The molecule has 4 aromatic rings. The Morgan fingerprint density at radius 3 is 2.49 bits per heavy atom. The Kier molecular flexibility index (Phi) is 8.43. The molecule has 3 heterocycles. The molecule has 1 aromatic heterocycles. The summed E-state index contributed by atoms with van der Waals surface area (Å²) in [5.74, 6) is 0.208. The molecule has 2 unspecified atom stereocenters. The van der Waals surface area contributed by atoms with E-state index < -0.39 is 11.4 Å². The average molecular weight is 650 g/mol. The molecule has 242 valence electrons. The minimum absolute atomic E-state index is 0.0160. The number of nitrogens with zero attached hydrogens (tertiary/aromatic N) is 2. The normalized spacial score (nSPS) is 21.1. The number of para-hydroxylation sites is 1. The van der Waals surface area contributed by atoms with Gasteiger partial charge in [-0.2, -0.15) is 0 Å². The highest BCUT2D eigenvalue weighted by Crippen LogP contribution is 2.54. The van der Waals surface area contributed by atoms with Crippen molar-refractivity contribution < 1.29 is 14.0 Å². The highest BCUT2D eigenvalue weighted by molar-refractivity contribution is 6.30. The molecule has 8 heteroatoms. The molecule has 7 rings (SSSR count). The molecule has 1 N–H and O–H groups in total. The Balaban J connectivity index is 1.12. The molecular formula is C39H40ClN3O4. The van der Waals surface area contributed by atoms with E-state index in [1.165, 1.54) is 22.9 Å². The first-order chi connectivity index (χ1) is 22.7. The van der Waals surface area contributed by atoms with E-state index in [4.69, 9.17) is 16.0 Å². The van der Waals surface area contributed by atoms with Crippen LogP contribution in [0.25, 0.3) is 11.0 Å². The molecule has 3 aromatic carbocycles. The van der Waals surface area contributed by atoms with Crippen LogP contribution in [0, 0.1) is 0 Å². The van der Waals surface area contributed by atoms with Gasteiger partial charge in [-0.15, -0.1) is 0 Å². The van der Waals surface area contributed by atoms with Gasteiger partial charge in [-0.05, 0) is 78.6 Å². The van der Waals surface area contributed by atoms with E-state index in [2.05, 4.69) is 48.3 Å². The molecule has 47 heavy (non-hydrogen) atoms. The second kappa shape index (κ2) is 12.7. The van der Waals surface area contributed by atoms with Gasteiger partial charge in [-0.1, -0.05) is 73.5 Å². The van der Waals surface area contributed by atoms with Gasteiger partial charge in [-0.3, -0.25) is 14.4 Å². The maximum absolute atomic E-state index is 13.8. The van der Waals surface area contributed by atoms with E-state index in [-0.39, 0.29) is 28.9 Å². The van der Waals surface area contributed by atoms with Gasteiger partial charge in [0.25, 0.3) is 5.91 Å². The van der Waals surface area contributed by atoms with Gasteiger partial charge < -0.3 is 19.5 Å². The van der Waals surface area contributed by atoms with Crippen LogP contribution in [0.15, 0.2) is 93.7 Å². The number of hydrogen-bond acceptors (Lipinski definition) is 5. The topological polar surface area (TPSA) is 82.9 Å². The first-order valence-electron chi connectivity index (χ1n) is 16.7. The second-order valence-electron chi connectivity index (χ2n) is 13.5.